The molecule has 0 aliphatic heterocycles. The summed E-state index contributed by atoms with van der Waals surface area (Å²) in [5.74, 6) is 0. The fourth-order valence-corrected chi connectivity index (χ4v) is 0.530. The van der Waals surface area contributed by atoms with E-state index in [1.54, 1.807) is 0 Å². The second-order valence-corrected chi connectivity index (χ2v) is 3.56. The summed E-state index contributed by atoms with van der Waals surface area (Å²) < 4.78 is 0. The molecule has 0 spiro atoms. The van der Waals surface area contributed by atoms with Gasteiger partial charge >= 0.3 is 0 Å². The quantitative estimate of drug-likeness (QED) is 0.600. The van der Waals surface area contributed by atoms with Crippen LogP contribution in [-0.4, -0.2) is 6.04 Å². The standard InChI is InChI=1S/C9H19N/c1-5-9(3,4)7-6-8(2)10/h6-8H,5,10H2,1-4H3/b7-6+. The van der Waals surface area contributed by atoms with E-state index in [0.29, 0.717) is 5.41 Å². The molecule has 1 atom stereocenters. The molecule has 2 N–H and O–H groups in total. The zero-order valence-corrected chi connectivity index (χ0v) is 7.52. The molecule has 0 amide bonds. The summed E-state index contributed by atoms with van der Waals surface area (Å²) in [5, 5.41) is 0. The van der Waals surface area contributed by atoms with Crippen LogP contribution in [0.25, 0.3) is 0 Å². The van der Waals surface area contributed by atoms with Crippen LogP contribution in [0, 0.1) is 5.41 Å². The first-order valence-electron chi connectivity index (χ1n) is 3.93. The van der Waals surface area contributed by atoms with E-state index in [2.05, 4.69) is 32.9 Å². The van der Waals surface area contributed by atoms with E-state index in [9.17, 15) is 0 Å². The summed E-state index contributed by atoms with van der Waals surface area (Å²) in [5.41, 5.74) is 5.88. The van der Waals surface area contributed by atoms with Crippen LogP contribution in [0.15, 0.2) is 12.2 Å². The third-order valence-electron chi connectivity index (χ3n) is 1.76. The molecule has 0 aromatic carbocycles. The summed E-state index contributed by atoms with van der Waals surface area (Å²) in [7, 11) is 0. The molecule has 0 saturated carbocycles. The van der Waals surface area contributed by atoms with Crippen molar-refractivity contribution in [2.24, 2.45) is 11.1 Å². The van der Waals surface area contributed by atoms with E-state index in [1.165, 1.54) is 0 Å². The van der Waals surface area contributed by atoms with Gasteiger partial charge in [-0.2, -0.15) is 0 Å². The SMILES string of the molecule is CCC(C)(C)/C=C/C(C)N. The van der Waals surface area contributed by atoms with Crippen molar-refractivity contribution in [2.45, 2.75) is 40.2 Å². The lowest BCUT2D eigenvalue weighted by Gasteiger charge is -2.17. The van der Waals surface area contributed by atoms with E-state index < -0.39 is 0 Å². The Bertz CT molecular complexity index is 112. The maximum Gasteiger partial charge on any atom is 0.0195 e. The van der Waals surface area contributed by atoms with Gasteiger partial charge in [-0.25, -0.2) is 0 Å². The fraction of sp³-hybridized carbons (Fsp3) is 0.778. The summed E-state index contributed by atoms with van der Waals surface area (Å²) in [6.07, 6.45) is 5.41. The molecule has 0 aromatic rings. The van der Waals surface area contributed by atoms with Crippen molar-refractivity contribution in [3.05, 3.63) is 12.2 Å². The number of hydrogen-bond donors (Lipinski definition) is 1. The summed E-state index contributed by atoms with van der Waals surface area (Å²) in [4.78, 5) is 0. The predicted octanol–water partition coefficient (Wildman–Crippen LogP) is 2.33. The smallest absolute Gasteiger partial charge is 0.0195 e. The minimum atomic E-state index is 0.186. The maximum atomic E-state index is 5.57. The Balaban J connectivity index is 3.86. The molecule has 1 nitrogen and oxygen atoms in total. The molecule has 1 heteroatoms. The Morgan fingerprint density at radius 1 is 1.50 bits per heavy atom. The third kappa shape index (κ3) is 4.57. The van der Waals surface area contributed by atoms with Gasteiger partial charge < -0.3 is 5.73 Å². The van der Waals surface area contributed by atoms with Gasteiger partial charge in [0.25, 0.3) is 0 Å². The molecule has 0 saturated heterocycles. The van der Waals surface area contributed by atoms with Crippen molar-refractivity contribution >= 4 is 0 Å². The molecule has 60 valence electrons. The molecule has 0 heterocycles. The van der Waals surface area contributed by atoms with Crippen LogP contribution in [0.5, 0.6) is 0 Å². The van der Waals surface area contributed by atoms with E-state index in [1.807, 2.05) is 6.92 Å². The van der Waals surface area contributed by atoms with Gasteiger partial charge in [-0.1, -0.05) is 32.9 Å². The zero-order chi connectivity index (χ0) is 8.20. The molecule has 0 aromatic heterocycles. The van der Waals surface area contributed by atoms with Gasteiger partial charge in [-0.15, -0.1) is 0 Å². The summed E-state index contributed by atoms with van der Waals surface area (Å²) >= 11 is 0. The second kappa shape index (κ2) is 3.77. The highest BCUT2D eigenvalue weighted by Gasteiger charge is 2.09. The van der Waals surface area contributed by atoms with Gasteiger partial charge in [-0.05, 0) is 18.8 Å². The molecular weight excluding hydrogens is 122 g/mol. The van der Waals surface area contributed by atoms with Crippen molar-refractivity contribution in [3.8, 4) is 0 Å². The maximum absolute atomic E-state index is 5.57. The van der Waals surface area contributed by atoms with Crippen LogP contribution in [-0.2, 0) is 0 Å². The molecule has 0 rings (SSSR count). The molecular formula is C9H19N. The first-order chi connectivity index (χ1) is 4.48. The van der Waals surface area contributed by atoms with Gasteiger partial charge in [0.2, 0.25) is 0 Å². The van der Waals surface area contributed by atoms with Crippen LogP contribution >= 0.6 is 0 Å². The van der Waals surface area contributed by atoms with Gasteiger partial charge in [0.15, 0.2) is 0 Å². The van der Waals surface area contributed by atoms with E-state index in [0.717, 1.165) is 6.42 Å². The van der Waals surface area contributed by atoms with Crippen LogP contribution in [0.2, 0.25) is 0 Å². The van der Waals surface area contributed by atoms with Crippen LogP contribution in [0.1, 0.15) is 34.1 Å². The first kappa shape index (κ1) is 9.70. The highest BCUT2D eigenvalue weighted by atomic mass is 14.6. The lowest BCUT2D eigenvalue weighted by Crippen LogP contribution is -2.13. The van der Waals surface area contributed by atoms with Gasteiger partial charge in [0.1, 0.15) is 0 Å². The Labute approximate surface area is 64.3 Å². The van der Waals surface area contributed by atoms with Crippen LogP contribution < -0.4 is 5.73 Å². The minimum absolute atomic E-state index is 0.186. The molecule has 0 fully saturated rings. The van der Waals surface area contributed by atoms with E-state index in [-0.39, 0.29) is 6.04 Å². The topological polar surface area (TPSA) is 26.0 Å². The largest absolute Gasteiger partial charge is 0.325 e. The molecule has 0 bridgehead atoms. The summed E-state index contributed by atoms with van der Waals surface area (Å²) in [6, 6.07) is 0.186. The number of allylic oxidation sites excluding steroid dienone is 1. The first-order valence-corrected chi connectivity index (χ1v) is 3.93. The Morgan fingerprint density at radius 3 is 2.30 bits per heavy atom. The van der Waals surface area contributed by atoms with Crippen LogP contribution in [0.4, 0.5) is 0 Å². The van der Waals surface area contributed by atoms with Crippen molar-refractivity contribution in [1.29, 1.82) is 0 Å². The molecule has 1 unspecified atom stereocenters. The van der Waals surface area contributed by atoms with Crippen molar-refractivity contribution in [3.63, 3.8) is 0 Å². The summed E-state index contributed by atoms with van der Waals surface area (Å²) in [6.45, 7) is 8.60. The molecule has 0 radical (unpaired) electrons. The van der Waals surface area contributed by atoms with Crippen molar-refractivity contribution in [1.82, 2.24) is 0 Å². The Morgan fingerprint density at radius 2 is 2.00 bits per heavy atom. The molecule has 10 heavy (non-hydrogen) atoms. The minimum Gasteiger partial charge on any atom is -0.325 e. The lowest BCUT2D eigenvalue weighted by molar-refractivity contribution is 0.460. The van der Waals surface area contributed by atoms with Crippen molar-refractivity contribution in [2.75, 3.05) is 0 Å². The predicted molar refractivity (Wildman–Crippen MR) is 46.9 cm³/mol. The average Bonchev–Trinajstić information content (AvgIpc) is 1.85. The lowest BCUT2D eigenvalue weighted by atomic mass is 9.89. The molecule has 0 aliphatic carbocycles. The highest BCUT2D eigenvalue weighted by Crippen LogP contribution is 2.20. The van der Waals surface area contributed by atoms with Gasteiger partial charge in [0, 0.05) is 6.04 Å². The van der Waals surface area contributed by atoms with Gasteiger partial charge in [0.05, 0.1) is 0 Å². The van der Waals surface area contributed by atoms with E-state index >= 15 is 0 Å². The van der Waals surface area contributed by atoms with Crippen LogP contribution in [0.3, 0.4) is 0 Å². The Kier molecular flexibility index (Phi) is 3.66. The normalized spacial score (nSPS) is 16.1. The number of hydrogen-bond acceptors (Lipinski definition) is 1. The average molecular weight is 141 g/mol. The number of nitrogens with two attached hydrogens (primary N) is 1. The highest BCUT2D eigenvalue weighted by molar-refractivity contribution is 4.97. The van der Waals surface area contributed by atoms with Gasteiger partial charge in [-0.3, -0.25) is 0 Å². The van der Waals surface area contributed by atoms with E-state index in [4.69, 9.17) is 5.73 Å². The fourth-order valence-electron chi connectivity index (χ4n) is 0.530. The Hall–Kier alpha value is -0.300. The zero-order valence-electron chi connectivity index (χ0n) is 7.52. The molecule has 0 aliphatic rings. The monoisotopic (exact) mass is 141 g/mol. The van der Waals surface area contributed by atoms with Crippen molar-refractivity contribution < 1.29 is 0 Å². The number of rotatable bonds is 3. The second-order valence-electron chi connectivity index (χ2n) is 3.56. The third-order valence-corrected chi connectivity index (χ3v) is 1.76.